The molecule has 0 unspecified atom stereocenters. The van der Waals surface area contributed by atoms with Crippen LogP contribution in [0.1, 0.15) is 21.7 Å². The zero-order chi connectivity index (χ0) is 24.1. The van der Waals surface area contributed by atoms with Crippen molar-refractivity contribution < 1.29 is 18.3 Å². The van der Waals surface area contributed by atoms with E-state index in [1.807, 2.05) is 23.6 Å². The van der Waals surface area contributed by atoms with Crippen LogP contribution < -0.4 is 0 Å². The molecule has 3 aromatic heterocycles. The highest BCUT2D eigenvalue weighted by Gasteiger charge is 2.23. The van der Waals surface area contributed by atoms with Gasteiger partial charge in [0.1, 0.15) is 11.3 Å². The fourth-order valence-corrected chi connectivity index (χ4v) is 4.43. The molecule has 2 aromatic carbocycles. The van der Waals surface area contributed by atoms with Gasteiger partial charge in [-0.05, 0) is 49.2 Å². The maximum Gasteiger partial charge on any atom is 0.340 e. The number of imidazole rings is 1. The van der Waals surface area contributed by atoms with Crippen molar-refractivity contribution in [2.75, 3.05) is 7.11 Å². The number of pyridine rings is 2. The SMILES string of the molecule is COC(=O)c1cc(-c2ccnc(F)c2F)cc2c1nc(C)n2-c1c(C)cnc2c(Cl)cccc12. The van der Waals surface area contributed by atoms with Gasteiger partial charge in [0.05, 0.1) is 34.4 Å². The standard InChI is InChI=1S/C25H17ClF2N4O2/c1-12-11-30-21-16(5-4-6-18(21)26)23(12)32-13(2)31-22-17(25(33)34-3)9-14(10-19(22)32)15-7-8-29-24(28)20(15)27/h4-11H,1-3H3. The van der Waals surface area contributed by atoms with Crippen molar-refractivity contribution in [1.29, 1.82) is 0 Å². The molecule has 0 fully saturated rings. The van der Waals surface area contributed by atoms with E-state index in [9.17, 15) is 13.6 Å². The molecule has 0 aliphatic carbocycles. The quantitative estimate of drug-likeness (QED) is 0.236. The van der Waals surface area contributed by atoms with Gasteiger partial charge in [-0.15, -0.1) is 0 Å². The molecule has 0 aliphatic rings. The molecule has 6 nitrogen and oxygen atoms in total. The average Bonchev–Trinajstić information content (AvgIpc) is 3.15. The second kappa shape index (κ2) is 8.14. The van der Waals surface area contributed by atoms with Crippen molar-refractivity contribution >= 4 is 39.5 Å². The van der Waals surface area contributed by atoms with Crippen molar-refractivity contribution in [2.24, 2.45) is 0 Å². The van der Waals surface area contributed by atoms with E-state index in [0.29, 0.717) is 27.4 Å². The number of hydrogen-bond acceptors (Lipinski definition) is 5. The fourth-order valence-electron chi connectivity index (χ4n) is 4.21. The van der Waals surface area contributed by atoms with E-state index in [-0.39, 0.29) is 16.7 Å². The van der Waals surface area contributed by atoms with Gasteiger partial charge in [-0.2, -0.15) is 4.39 Å². The summed E-state index contributed by atoms with van der Waals surface area (Å²) in [6.07, 6.45) is 2.87. The van der Waals surface area contributed by atoms with Crippen molar-refractivity contribution in [3.05, 3.63) is 82.5 Å². The Balaban J connectivity index is 1.92. The van der Waals surface area contributed by atoms with Crippen LogP contribution in [0.3, 0.4) is 0 Å². The third-order valence-corrected chi connectivity index (χ3v) is 6.02. The van der Waals surface area contributed by atoms with Gasteiger partial charge in [0, 0.05) is 23.3 Å². The van der Waals surface area contributed by atoms with Crippen LogP contribution in [0.2, 0.25) is 5.02 Å². The molecule has 0 bridgehead atoms. The van der Waals surface area contributed by atoms with Crippen LogP contribution in [-0.4, -0.2) is 32.6 Å². The lowest BCUT2D eigenvalue weighted by atomic mass is 10.0. The first-order valence-electron chi connectivity index (χ1n) is 10.3. The summed E-state index contributed by atoms with van der Waals surface area (Å²) in [4.78, 5) is 25.1. The van der Waals surface area contributed by atoms with Gasteiger partial charge in [-0.1, -0.05) is 23.7 Å². The number of methoxy groups -OCH3 is 1. The lowest BCUT2D eigenvalue weighted by Crippen LogP contribution is -2.05. The zero-order valence-corrected chi connectivity index (χ0v) is 19.1. The van der Waals surface area contributed by atoms with Gasteiger partial charge in [0.25, 0.3) is 0 Å². The van der Waals surface area contributed by atoms with Crippen LogP contribution in [0, 0.1) is 25.6 Å². The number of aromatic nitrogens is 4. The van der Waals surface area contributed by atoms with Crippen LogP contribution in [-0.2, 0) is 4.74 Å². The first-order chi connectivity index (χ1) is 16.3. The summed E-state index contributed by atoms with van der Waals surface area (Å²) in [5, 5.41) is 1.27. The number of aryl methyl sites for hydroxylation is 2. The molecule has 0 saturated carbocycles. The molecule has 0 radical (unpaired) electrons. The highest BCUT2D eigenvalue weighted by molar-refractivity contribution is 6.35. The molecule has 0 N–H and O–H groups in total. The molecule has 0 spiro atoms. The van der Waals surface area contributed by atoms with Gasteiger partial charge in [0.15, 0.2) is 5.82 Å². The van der Waals surface area contributed by atoms with Crippen molar-refractivity contribution in [3.8, 4) is 16.8 Å². The summed E-state index contributed by atoms with van der Waals surface area (Å²) >= 11 is 6.39. The lowest BCUT2D eigenvalue weighted by Gasteiger charge is -2.15. The predicted octanol–water partition coefficient (Wildman–Crippen LogP) is 5.97. The summed E-state index contributed by atoms with van der Waals surface area (Å²) in [5.74, 6) is -2.41. The van der Waals surface area contributed by atoms with Crippen LogP contribution in [0.25, 0.3) is 38.8 Å². The van der Waals surface area contributed by atoms with Crippen LogP contribution >= 0.6 is 11.6 Å². The molecular formula is C25H17ClF2N4O2. The smallest absolute Gasteiger partial charge is 0.340 e. The van der Waals surface area contributed by atoms with E-state index in [2.05, 4.69) is 15.0 Å². The van der Waals surface area contributed by atoms with Crippen molar-refractivity contribution in [2.45, 2.75) is 13.8 Å². The molecule has 9 heteroatoms. The summed E-state index contributed by atoms with van der Waals surface area (Å²) < 4.78 is 35.4. The Morgan fingerprint density at radius 1 is 1.09 bits per heavy atom. The maximum absolute atomic E-state index is 14.6. The predicted molar refractivity (Wildman–Crippen MR) is 125 cm³/mol. The number of benzene rings is 2. The second-order valence-electron chi connectivity index (χ2n) is 7.77. The number of fused-ring (bicyclic) bond motifs is 2. The molecule has 3 heterocycles. The molecule has 0 aliphatic heterocycles. The first-order valence-corrected chi connectivity index (χ1v) is 10.7. The van der Waals surface area contributed by atoms with Gasteiger partial charge in [-0.25, -0.2) is 19.2 Å². The van der Waals surface area contributed by atoms with E-state index in [1.165, 1.54) is 25.4 Å². The fraction of sp³-hybridized carbons (Fsp3) is 0.120. The van der Waals surface area contributed by atoms with Gasteiger partial charge in [-0.3, -0.25) is 9.55 Å². The minimum absolute atomic E-state index is 0.0377. The van der Waals surface area contributed by atoms with Crippen LogP contribution in [0.5, 0.6) is 0 Å². The Morgan fingerprint density at radius 2 is 1.88 bits per heavy atom. The third-order valence-electron chi connectivity index (χ3n) is 5.72. The van der Waals surface area contributed by atoms with Gasteiger partial charge >= 0.3 is 5.97 Å². The number of rotatable bonds is 3. The van der Waals surface area contributed by atoms with Crippen LogP contribution in [0.15, 0.2) is 48.8 Å². The monoisotopic (exact) mass is 478 g/mol. The Hall–Kier alpha value is -3.91. The Labute approximate surface area is 197 Å². The van der Waals surface area contributed by atoms with Crippen LogP contribution in [0.4, 0.5) is 8.78 Å². The number of halogens is 3. The highest BCUT2D eigenvalue weighted by atomic mass is 35.5. The lowest BCUT2D eigenvalue weighted by molar-refractivity contribution is 0.0603. The molecule has 0 amide bonds. The third kappa shape index (κ3) is 3.30. The van der Waals surface area contributed by atoms with E-state index in [1.54, 1.807) is 25.3 Å². The van der Waals surface area contributed by atoms with E-state index in [4.69, 9.17) is 16.3 Å². The maximum atomic E-state index is 14.6. The largest absolute Gasteiger partial charge is 0.465 e. The summed E-state index contributed by atoms with van der Waals surface area (Å²) in [6.45, 7) is 3.70. The Bertz CT molecular complexity index is 1630. The Kier molecular flexibility index (Phi) is 5.25. The topological polar surface area (TPSA) is 69.9 Å². The number of ether oxygens (including phenoxy) is 1. The highest BCUT2D eigenvalue weighted by Crippen LogP contribution is 2.35. The van der Waals surface area contributed by atoms with E-state index < -0.39 is 17.7 Å². The number of carbonyl (C=O) groups excluding carboxylic acids is 1. The van der Waals surface area contributed by atoms with Gasteiger partial charge < -0.3 is 4.74 Å². The van der Waals surface area contributed by atoms with Crippen molar-refractivity contribution in [3.63, 3.8) is 0 Å². The van der Waals surface area contributed by atoms with Crippen molar-refractivity contribution in [1.82, 2.24) is 19.5 Å². The minimum atomic E-state index is -1.23. The number of carbonyl (C=O) groups is 1. The molecule has 5 aromatic rings. The molecular weight excluding hydrogens is 462 g/mol. The molecule has 170 valence electrons. The summed E-state index contributed by atoms with van der Waals surface area (Å²) in [5.41, 5.74) is 3.47. The molecule has 0 saturated heterocycles. The van der Waals surface area contributed by atoms with Gasteiger partial charge in [0.2, 0.25) is 5.95 Å². The average molecular weight is 479 g/mol. The first kappa shape index (κ1) is 21.9. The number of hydrogen-bond donors (Lipinski definition) is 0. The zero-order valence-electron chi connectivity index (χ0n) is 18.4. The second-order valence-corrected chi connectivity index (χ2v) is 8.17. The molecule has 5 rings (SSSR count). The number of esters is 1. The summed E-state index contributed by atoms with van der Waals surface area (Å²) in [7, 11) is 1.25. The molecule has 34 heavy (non-hydrogen) atoms. The summed E-state index contributed by atoms with van der Waals surface area (Å²) in [6, 6.07) is 9.92. The normalized spacial score (nSPS) is 11.4. The Morgan fingerprint density at radius 3 is 2.65 bits per heavy atom. The van der Waals surface area contributed by atoms with E-state index in [0.717, 1.165) is 16.6 Å². The minimum Gasteiger partial charge on any atom is -0.465 e. The molecule has 0 atom stereocenters. The number of para-hydroxylation sites is 1. The van der Waals surface area contributed by atoms with E-state index >= 15 is 0 Å². The number of nitrogens with zero attached hydrogens (tertiary/aromatic N) is 4.